The second kappa shape index (κ2) is 8.57. The molecule has 0 spiro atoms. The smallest absolute Gasteiger partial charge is 0.165 e. The van der Waals surface area contributed by atoms with Crippen LogP contribution in [0.3, 0.4) is 0 Å². The standard InChI is InChI=1S/C26H23ClFN5O/c1-15-5-6-18(9-22(15)28)17(3)33-13-20(27)11-21-25(30-31-26(21)33)19-7-8-23(24(10-19)34-4)32-12-16(2)29-14-32/h5-14,17H,1-4H3. The average molecular weight is 476 g/mol. The Bertz CT molecular complexity index is 1470. The predicted molar refractivity (Wildman–Crippen MR) is 130 cm³/mol. The lowest BCUT2D eigenvalue weighted by atomic mass is 10.0. The molecule has 6 nitrogen and oxygen atoms in total. The molecule has 0 aliphatic carbocycles. The van der Waals surface area contributed by atoms with E-state index in [0.717, 1.165) is 28.1 Å². The Morgan fingerprint density at radius 2 is 1.85 bits per heavy atom. The number of hydrogen-bond acceptors (Lipinski definition) is 4. The Hall–Kier alpha value is -3.71. The van der Waals surface area contributed by atoms with Crippen LogP contribution < -0.4 is 4.74 Å². The van der Waals surface area contributed by atoms with E-state index in [4.69, 9.17) is 16.3 Å². The van der Waals surface area contributed by atoms with Gasteiger partial charge in [0.25, 0.3) is 0 Å². The van der Waals surface area contributed by atoms with Crippen molar-refractivity contribution in [1.29, 1.82) is 0 Å². The molecule has 172 valence electrons. The van der Waals surface area contributed by atoms with Crippen molar-refractivity contribution in [3.8, 4) is 34.1 Å². The number of ether oxygens (including phenoxy) is 1. The molecule has 8 heteroatoms. The van der Waals surface area contributed by atoms with Gasteiger partial charge in [0.1, 0.15) is 17.3 Å². The van der Waals surface area contributed by atoms with Crippen molar-refractivity contribution in [2.24, 2.45) is 0 Å². The lowest BCUT2D eigenvalue weighted by molar-refractivity contribution is 0.413. The molecule has 0 amide bonds. The van der Waals surface area contributed by atoms with Crippen LogP contribution in [0.5, 0.6) is 5.75 Å². The van der Waals surface area contributed by atoms with Crippen molar-refractivity contribution in [3.05, 3.63) is 88.8 Å². The lowest BCUT2D eigenvalue weighted by Gasteiger charge is -2.20. The largest absolute Gasteiger partial charge is 0.495 e. The molecule has 2 aliphatic heterocycles. The van der Waals surface area contributed by atoms with E-state index in [1.165, 1.54) is 0 Å². The molecule has 2 aliphatic rings. The first kappa shape index (κ1) is 22.1. The molecule has 34 heavy (non-hydrogen) atoms. The van der Waals surface area contributed by atoms with Crippen LogP contribution in [0.4, 0.5) is 4.39 Å². The fraction of sp³-hybridized carbons (Fsp3) is 0.192. The van der Waals surface area contributed by atoms with Crippen LogP contribution in [-0.2, 0) is 0 Å². The Kier molecular flexibility index (Phi) is 5.57. The zero-order chi connectivity index (χ0) is 24.0. The van der Waals surface area contributed by atoms with E-state index in [-0.39, 0.29) is 11.9 Å². The first-order valence-electron chi connectivity index (χ1n) is 10.8. The number of hydrogen-bond donors (Lipinski definition) is 0. The topological polar surface area (TPSA) is 57.8 Å². The van der Waals surface area contributed by atoms with Gasteiger partial charge in [0.05, 0.1) is 35.9 Å². The summed E-state index contributed by atoms with van der Waals surface area (Å²) in [6, 6.07) is 12.8. The normalized spacial score (nSPS) is 12.3. The molecule has 0 N–H and O–H groups in total. The summed E-state index contributed by atoms with van der Waals surface area (Å²) < 4.78 is 23.7. The summed E-state index contributed by atoms with van der Waals surface area (Å²) in [5.74, 6) is 1.11. The number of halogens is 2. The number of nitrogens with zero attached hydrogens (tertiary/aromatic N) is 5. The third-order valence-electron chi connectivity index (χ3n) is 6.07. The Balaban J connectivity index is 1.57. The number of methoxy groups -OCH3 is 1. The third kappa shape index (κ3) is 3.82. The number of benzene rings is 2. The van der Waals surface area contributed by atoms with Crippen molar-refractivity contribution in [1.82, 2.24) is 24.3 Å². The minimum absolute atomic E-state index is 0.192. The minimum atomic E-state index is -0.238. The number of fused-ring (bicyclic) bond motifs is 1. The highest BCUT2D eigenvalue weighted by Crippen LogP contribution is 2.38. The molecule has 2 aromatic carbocycles. The highest BCUT2D eigenvalue weighted by atomic mass is 35.5. The summed E-state index contributed by atoms with van der Waals surface area (Å²) in [6.07, 6.45) is 5.49. The van der Waals surface area contributed by atoms with Gasteiger partial charge in [-0.25, -0.2) is 9.37 Å². The predicted octanol–water partition coefficient (Wildman–Crippen LogP) is 6.26. The summed E-state index contributed by atoms with van der Waals surface area (Å²) in [5, 5.41) is 9.49. The molecule has 1 unspecified atom stereocenters. The number of imidazole rings is 1. The summed E-state index contributed by atoms with van der Waals surface area (Å²) in [5.41, 5.74) is 5.57. The Morgan fingerprint density at radius 1 is 1.03 bits per heavy atom. The maximum absolute atomic E-state index is 14.2. The van der Waals surface area contributed by atoms with E-state index in [1.54, 1.807) is 38.7 Å². The zero-order valence-electron chi connectivity index (χ0n) is 19.3. The van der Waals surface area contributed by atoms with Crippen molar-refractivity contribution >= 4 is 11.6 Å². The molecular formula is C26H23ClFN5O. The molecular weight excluding hydrogens is 453 g/mol. The SMILES string of the molecule is COc1cc(-c2nnc3n(C(C)c4ccc(C)c(F)c4)cc(Cl)cc2-3)ccc1-n1cnc(C)c1. The molecule has 3 aromatic rings. The molecule has 0 bridgehead atoms. The quantitative estimate of drug-likeness (QED) is 0.301. The van der Waals surface area contributed by atoms with E-state index >= 15 is 0 Å². The van der Waals surface area contributed by atoms with Crippen LogP contribution in [-0.4, -0.2) is 31.4 Å². The number of aromatic nitrogens is 5. The van der Waals surface area contributed by atoms with Gasteiger partial charge < -0.3 is 13.9 Å². The monoisotopic (exact) mass is 475 g/mol. The second-order valence-corrected chi connectivity index (χ2v) is 8.78. The third-order valence-corrected chi connectivity index (χ3v) is 6.28. The van der Waals surface area contributed by atoms with Gasteiger partial charge in [0.2, 0.25) is 0 Å². The van der Waals surface area contributed by atoms with E-state index in [9.17, 15) is 4.39 Å². The van der Waals surface area contributed by atoms with Gasteiger partial charge in [-0.1, -0.05) is 29.8 Å². The van der Waals surface area contributed by atoms with Gasteiger partial charge in [0, 0.05) is 23.5 Å². The van der Waals surface area contributed by atoms with Crippen molar-refractivity contribution in [2.75, 3.05) is 7.11 Å². The van der Waals surface area contributed by atoms with Crippen LogP contribution in [0, 0.1) is 19.7 Å². The fourth-order valence-corrected chi connectivity index (χ4v) is 4.35. The highest BCUT2D eigenvalue weighted by molar-refractivity contribution is 6.30. The van der Waals surface area contributed by atoms with Crippen molar-refractivity contribution < 1.29 is 9.13 Å². The van der Waals surface area contributed by atoms with E-state index < -0.39 is 0 Å². The highest BCUT2D eigenvalue weighted by Gasteiger charge is 2.23. The Labute approximate surface area is 202 Å². The number of aryl methyl sites for hydroxylation is 2. The zero-order valence-corrected chi connectivity index (χ0v) is 20.0. The number of pyridine rings is 1. The molecule has 0 saturated heterocycles. The molecule has 0 radical (unpaired) electrons. The number of rotatable bonds is 5. The molecule has 0 fully saturated rings. The molecule has 3 heterocycles. The van der Waals surface area contributed by atoms with Gasteiger partial charge >= 0.3 is 0 Å². The minimum Gasteiger partial charge on any atom is -0.495 e. The fourth-order valence-electron chi connectivity index (χ4n) is 4.13. The average Bonchev–Trinajstić information content (AvgIpc) is 3.45. The molecule has 1 atom stereocenters. The van der Waals surface area contributed by atoms with Gasteiger partial charge in [-0.2, -0.15) is 0 Å². The first-order chi connectivity index (χ1) is 16.4. The molecule has 0 saturated carbocycles. The summed E-state index contributed by atoms with van der Waals surface area (Å²) in [4.78, 5) is 4.30. The van der Waals surface area contributed by atoms with Crippen molar-refractivity contribution in [3.63, 3.8) is 0 Å². The van der Waals surface area contributed by atoms with Gasteiger partial charge in [0.15, 0.2) is 5.82 Å². The molecule has 1 aromatic heterocycles. The summed E-state index contributed by atoms with van der Waals surface area (Å²) in [6.45, 7) is 5.67. The van der Waals surface area contributed by atoms with Crippen LogP contribution in [0.15, 0.2) is 61.2 Å². The van der Waals surface area contributed by atoms with Gasteiger partial charge in [-0.15, -0.1) is 10.2 Å². The van der Waals surface area contributed by atoms with E-state index in [0.29, 0.717) is 27.9 Å². The van der Waals surface area contributed by atoms with Gasteiger partial charge in [-0.3, -0.25) is 0 Å². The first-order valence-corrected chi connectivity index (χ1v) is 11.2. The van der Waals surface area contributed by atoms with E-state index in [2.05, 4.69) is 15.2 Å². The van der Waals surface area contributed by atoms with Crippen LogP contribution in [0.25, 0.3) is 28.3 Å². The second-order valence-electron chi connectivity index (χ2n) is 8.35. The van der Waals surface area contributed by atoms with Crippen LogP contribution >= 0.6 is 11.6 Å². The maximum Gasteiger partial charge on any atom is 0.165 e. The van der Waals surface area contributed by atoms with E-state index in [1.807, 2.05) is 59.5 Å². The summed E-state index contributed by atoms with van der Waals surface area (Å²) >= 11 is 6.51. The lowest BCUT2D eigenvalue weighted by Crippen LogP contribution is -2.11. The van der Waals surface area contributed by atoms with Crippen LogP contribution in [0.2, 0.25) is 5.02 Å². The van der Waals surface area contributed by atoms with Gasteiger partial charge in [-0.05, 0) is 56.2 Å². The summed E-state index contributed by atoms with van der Waals surface area (Å²) in [7, 11) is 1.63. The maximum atomic E-state index is 14.2. The van der Waals surface area contributed by atoms with Crippen LogP contribution in [0.1, 0.15) is 29.8 Å². The van der Waals surface area contributed by atoms with Crippen molar-refractivity contribution in [2.45, 2.75) is 26.8 Å². The Morgan fingerprint density at radius 3 is 2.56 bits per heavy atom. The molecule has 5 rings (SSSR count).